The Morgan fingerprint density at radius 3 is 2.30 bits per heavy atom. The molecule has 0 saturated heterocycles. The molecule has 0 bridgehead atoms. The van der Waals surface area contributed by atoms with Gasteiger partial charge >= 0.3 is 0 Å². The molecule has 0 aliphatic heterocycles. The zero-order chi connectivity index (χ0) is 14.3. The topological polar surface area (TPSA) is 52.0 Å². The molecule has 4 nitrogen and oxygen atoms in total. The van der Waals surface area contributed by atoms with Crippen molar-refractivity contribution < 1.29 is 8.42 Å². The fraction of sp³-hybridized carbons (Fsp3) is 0.133. The summed E-state index contributed by atoms with van der Waals surface area (Å²) in [6.45, 7) is 3.88. The third kappa shape index (κ3) is 2.00. The van der Waals surface area contributed by atoms with Gasteiger partial charge in [-0.3, -0.25) is 0 Å². The lowest BCUT2D eigenvalue weighted by Gasteiger charge is -2.06. The number of benzene rings is 2. The molecular weight excluding hydrogens is 272 g/mol. The maximum atomic E-state index is 12.6. The van der Waals surface area contributed by atoms with E-state index in [9.17, 15) is 8.42 Å². The fourth-order valence-electron chi connectivity index (χ4n) is 2.13. The van der Waals surface area contributed by atoms with E-state index >= 15 is 0 Å². The van der Waals surface area contributed by atoms with Gasteiger partial charge in [-0.2, -0.15) is 17.6 Å². The van der Waals surface area contributed by atoms with E-state index in [1.54, 1.807) is 36.5 Å². The minimum absolute atomic E-state index is 0.244. The smallest absolute Gasteiger partial charge is 0.199 e. The lowest BCUT2D eigenvalue weighted by Crippen LogP contribution is -2.14. The maximum absolute atomic E-state index is 12.6. The van der Waals surface area contributed by atoms with Gasteiger partial charge in [0.05, 0.1) is 16.6 Å². The number of nitrogens with zero attached hydrogens (tertiary/aromatic N) is 2. The third-order valence-corrected chi connectivity index (χ3v) is 4.85. The molecule has 20 heavy (non-hydrogen) atoms. The van der Waals surface area contributed by atoms with E-state index in [1.807, 2.05) is 26.0 Å². The van der Waals surface area contributed by atoms with Crippen LogP contribution >= 0.6 is 0 Å². The van der Waals surface area contributed by atoms with Gasteiger partial charge in [0.25, 0.3) is 10.0 Å². The molecule has 0 radical (unpaired) electrons. The van der Waals surface area contributed by atoms with Gasteiger partial charge in [-0.05, 0) is 38.1 Å². The predicted octanol–water partition coefficient (Wildman–Crippen LogP) is 2.89. The van der Waals surface area contributed by atoms with Crippen molar-refractivity contribution in [1.82, 2.24) is 9.19 Å². The van der Waals surface area contributed by atoms with E-state index in [0.29, 0.717) is 5.52 Å². The van der Waals surface area contributed by atoms with Crippen molar-refractivity contribution in [2.75, 3.05) is 0 Å². The van der Waals surface area contributed by atoms with Crippen molar-refractivity contribution in [2.45, 2.75) is 18.7 Å². The molecule has 0 saturated carbocycles. The number of aromatic nitrogens is 2. The lowest BCUT2D eigenvalue weighted by atomic mass is 10.2. The van der Waals surface area contributed by atoms with Crippen molar-refractivity contribution in [3.8, 4) is 0 Å². The molecule has 1 heterocycles. The maximum Gasteiger partial charge on any atom is 0.283 e. The van der Waals surface area contributed by atoms with E-state index in [4.69, 9.17) is 0 Å². The second-order valence-electron chi connectivity index (χ2n) is 4.87. The summed E-state index contributed by atoms with van der Waals surface area (Å²) >= 11 is 0. The average molecular weight is 286 g/mol. The van der Waals surface area contributed by atoms with Crippen LogP contribution in [0.4, 0.5) is 0 Å². The summed E-state index contributed by atoms with van der Waals surface area (Å²) in [7, 11) is -3.65. The van der Waals surface area contributed by atoms with Crippen molar-refractivity contribution >= 4 is 20.9 Å². The van der Waals surface area contributed by atoms with E-state index in [1.165, 1.54) is 0 Å². The number of aryl methyl sites for hydroxylation is 2. The van der Waals surface area contributed by atoms with Crippen LogP contribution in [-0.2, 0) is 10.0 Å². The molecule has 0 aliphatic carbocycles. The van der Waals surface area contributed by atoms with E-state index in [0.717, 1.165) is 20.6 Å². The Labute approximate surface area is 117 Å². The van der Waals surface area contributed by atoms with Crippen LogP contribution in [-0.4, -0.2) is 17.6 Å². The normalized spacial score (nSPS) is 11.9. The van der Waals surface area contributed by atoms with Crippen molar-refractivity contribution in [3.05, 3.63) is 59.8 Å². The van der Waals surface area contributed by atoms with Crippen LogP contribution in [0.2, 0.25) is 0 Å². The fourth-order valence-corrected chi connectivity index (χ4v) is 3.41. The molecule has 3 rings (SSSR count). The second kappa shape index (κ2) is 4.45. The number of rotatable bonds is 2. The standard InChI is InChI=1S/C15H14N2O2S/c1-11-3-6-14(7-4-11)20(18,19)17-15-8-5-12(2)9-13(15)10-16-17/h3-10H,1-2H3. The summed E-state index contributed by atoms with van der Waals surface area (Å²) in [5, 5.41) is 4.86. The Hall–Kier alpha value is -2.14. The minimum Gasteiger partial charge on any atom is -0.199 e. The highest BCUT2D eigenvalue weighted by Gasteiger charge is 2.19. The molecule has 102 valence electrons. The summed E-state index contributed by atoms with van der Waals surface area (Å²) < 4.78 is 26.3. The quantitative estimate of drug-likeness (QED) is 0.728. The Kier molecular flexibility index (Phi) is 2.87. The monoisotopic (exact) mass is 286 g/mol. The largest absolute Gasteiger partial charge is 0.283 e. The first-order valence-corrected chi connectivity index (χ1v) is 7.69. The molecule has 1 aromatic heterocycles. The first kappa shape index (κ1) is 12.9. The Morgan fingerprint density at radius 2 is 1.60 bits per heavy atom. The molecule has 0 aliphatic rings. The van der Waals surface area contributed by atoms with Crippen molar-refractivity contribution in [1.29, 1.82) is 0 Å². The SMILES string of the molecule is Cc1ccc(S(=O)(=O)n2ncc3cc(C)ccc32)cc1. The van der Waals surface area contributed by atoms with Gasteiger partial charge in [0.15, 0.2) is 0 Å². The van der Waals surface area contributed by atoms with Gasteiger partial charge in [-0.1, -0.05) is 29.3 Å². The number of hydrogen-bond acceptors (Lipinski definition) is 3. The highest BCUT2D eigenvalue weighted by molar-refractivity contribution is 7.90. The van der Waals surface area contributed by atoms with Crippen LogP contribution in [0, 0.1) is 13.8 Å². The zero-order valence-electron chi connectivity index (χ0n) is 11.2. The molecule has 0 N–H and O–H groups in total. The summed E-state index contributed by atoms with van der Waals surface area (Å²) in [6, 6.07) is 12.3. The van der Waals surface area contributed by atoms with Crippen molar-refractivity contribution in [2.24, 2.45) is 0 Å². The molecule has 0 spiro atoms. The molecule has 5 heteroatoms. The summed E-state index contributed by atoms with van der Waals surface area (Å²) in [6.07, 6.45) is 1.58. The van der Waals surface area contributed by atoms with Crippen LogP contribution in [0.3, 0.4) is 0 Å². The molecule has 0 fully saturated rings. The minimum atomic E-state index is -3.65. The van der Waals surface area contributed by atoms with E-state index < -0.39 is 10.0 Å². The molecule has 0 amide bonds. The van der Waals surface area contributed by atoms with Crippen LogP contribution in [0.1, 0.15) is 11.1 Å². The summed E-state index contributed by atoms with van der Waals surface area (Å²) in [5.41, 5.74) is 2.69. The van der Waals surface area contributed by atoms with E-state index in [-0.39, 0.29) is 4.90 Å². The molecule has 2 aromatic carbocycles. The number of fused-ring (bicyclic) bond motifs is 1. The van der Waals surface area contributed by atoms with Crippen molar-refractivity contribution in [3.63, 3.8) is 0 Å². The highest BCUT2D eigenvalue weighted by atomic mass is 32.2. The molecule has 0 atom stereocenters. The van der Waals surface area contributed by atoms with E-state index in [2.05, 4.69) is 5.10 Å². The van der Waals surface area contributed by atoms with Gasteiger partial charge in [-0.15, -0.1) is 0 Å². The lowest BCUT2D eigenvalue weighted by molar-refractivity contribution is 0.582. The summed E-state index contributed by atoms with van der Waals surface area (Å²) in [5.74, 6) is 0. The highest BCUT2D eigenvalue weighted by Crippen LogP contribution is 2.21. The third-order valence-electron chi connectivity index (χ3n) is 3.24. The molecular formula is C15H14N2O2S. The predicted molar refractivity (Wildman–Crippen MR) is 78.2 cm³/mol. The van der Waals surface area contributed by atoms with Gasteiger partial charge in [0.1, 0.15) is 0 Å². The van der Waals surface area contributed by atoms with Crippen LogP contribution in [0.15, 0.2) is 53.6 Å². The second-order valence-corrected chi connectivity index (χ2v) is 6.64. The Morgan fingerprint density at radius 1 is 0.950 bits per heavy atom. The van der Waals surface area contributed by atoms with Gasteiger partial charge in [-0.25, -0.2) is 0 Å². The zero-order valence-corrected chi connectivity index (χ0v) is 12.1. The van der Waals surface area contributed by atoms with Gasteiger partial charge in [0, 0.05) is 5.39 Å². The van der Waals surface area contributed by atoms with Crippen LogP contribution < -0.4 is 0 Å². The first-order valence-electron chi connectivity index (χ1n) is 6.25. The van der Waals surface area contributed by atoms with Gasteiger partial charge < -0.3 is 0 Å². The van der Waals surface area contributed by atoms with Crippen LogP contribution in [0.25, 0.3) is 10.9 Å². The average Bonchev–Trinajstić information content (AvgIpc) is 2.82. The summed E-state index contributed by atoms with van der Waals surface area (Å²) in [4.78, 5) is 0.244. The number of hydrogen-bond donors (Lipinski definition) is 0. The van der Waals surface area contributed by atoms with Crippen LogP contribution in [0.5, 0.6) is 0 Å². The Balaban J connectivity index is 2.21. The van der Waals surface area contributed by atoms with Gasteiger partial charge in [0.2, 0.25) is 0 Å². The Bertz CT molecular complexity index is 878. The first-order chi connectivity index (χ1) is 9.48. The molecule has 0 unspecified atom stereocenters. The molecule has 3 aromatic rings.